The highest BCUT2D eigenvalue weighted by Crippen LogP contribution is 2.39. The normalized spacial score (nSPS) is 15.4. The monoisotopic (exact) mass is 442 g/mol. The van der Waals surface area contributed by atoms with Gasteiger partial charge in [0.2, 0.25) is 5.95 Å². The number of carbonyl (C=O) groups excluding carboxylic acids is 1. The number of allylic oxidation sites excluding steroid dienone is 1. The van der Waals surface area contributed by atoms with Gasteiger partial charge >= 0.3 is 0 Å². The number of aromatic nitrogens is 2. The molecule has 2 heterocycles. The Kier molecular flexibility index (Phi) is 4.98. The fourth-order valence-corrected chi connectivity index (χ4v) is 4.49. The summed E-state index contributed by atoms with van der Waals surface area (Å²) in [6, 6.07) is 21.3. The standard InChI is InChI=1S/C26H23ClN4O/c1-15-8-13-20(16(2)14-15)29-25(32)23-17(3)28-26-30-21-6-4-5-7-22(21)31(26)24(23)18-9-11-19(27)12-10-18/h4-14,24H,1-3H3,(H,28,30)(H,29,32). The predicted molar refractivity (Wildman–Crippen MR) is 130 cm³/mol. The van der Waals surface area contributed by atoms with Crippen LogP contribution in [0.3, 0.4) is 0 Å². The molecule has 1 aliphatic rings. The van der Waals surface area contributed by atoms with Crippen molar-refractivity contribution in [2.45, 2.75) is 26.8 Å². The van der Waals surface area contributed by atoms with Crippen molar-refractivity contribution in [3.05, 3.63) is 99.7 Å². The number of hydrogen-bond donors (Lipinski definition) is 2. The molecule has 3 aromatic carbocycles. The molecule has 1 aliphatic heterocycles. The molecule has 1 aromatic heterocycles. The largest absolute Gasteiger partial charge is 0.329 e. The molecule has 0 spiro atoms. The number of anilines is 2. The Morgan fingerprint density at radius 2 is 1.78 bits per heavy atom. The minimum atomic E-state index is -0.346. The maximum Gasteiger partial charge on any atom is 0.255 e. The number of aryl methyl sites for hydroxylation is 2. The van der Waals surface area contributed by atoms with E-state index in [2.05, 4.69) is 21.3 Å². The Hall–Kier alpha value is -3.57. The molecule has 2 N–H and O–H groups in total. The zero-order valence-electron chi connectivity index (χ0n) is 18.1. The minimum absolute atomic E-state index is 0.148. The van der Waals surface area contributed by atoms with Gasteiger partial charge in [-0.1, -0.05) is 53.6 Å². The van der Waals surface area contributed by atoms with Crippen LogP contribution in [-0.4, -0.2) is 15.5 Å². The van der Waals surface area contributed by atoms with Crippen LogP contribution in [0.1, 0.15) is 29.7 Å². The highest BCUT2D eigenvalue weighted by molar-refractivity contribution is 6.30. The van der Waals surface area contributed by atoms with Crippen molar-refractivity contribution in [1.29, 1.82) is 0 Å². The molecule has 0 bridgehead atoms. The van der Waals surface area contributed by atoms with E-state index >= 15 is 0 Å². The third-order valence-corrected chi connectivity index (χ3v) is 6.14. The van der Waals surface area contributed by atoms with Crippen molar-refractivity contribution < 1.29 is 4.79 Å². The number of hydrogen-bond acceptors (Lipinski definition) is 3. The Morgan fingerprint density at radius 3 is 2.53 bits per heavy atom. The van der Waals surface area contributed by atoms with Crippen molar-refractivity contribution in [2.75, 3.05) is 10.6 Å². The highest BCUT2D eigenvalue weighted by atomic mass is 35.5. The zero-order valence-corrected chi connectivity index (χ0v) is 18.9. The molecule has 0 fully saturated rings. The average molecular weight is 443 g/mol. The second-order valence-electron chi connectivity index (χ2n) is 8.18. The fraction of sp³-hybridized carbons (Fsp3) is 0.154. The number of benzene rings is 3. The first-order valence-corrected chi connectivity index (χ1v) is 10.9. The Morgan fingerprint density at radius 1 is 1.03 bits per heavy atom. The number of nitrogens with one attached hydrogen (secondary N) is 2. The zero-order chi connectivity index (χ0) is 22.4. The van der Waals surface area contributed by atoms with Crippen molar-refractivity contribution in [3.63, 3.8) is 0 Å². The van der Waals surface area contributed by atoms with Gasteiger partial charge in [0.25, 0.3) is 5.91 Å². The first kappa shape index (κ1) is 20.3. The van der Waals surface area contributed by atoms with Crippen LogP contribution in [0.4, 0.5) is 11.6 Å². The van der Waals surface area contributed by atoms with E-state index in [1.165, 1.54) is 0 Å². The summed E-state index contributed by atoms with van der Waals surface area (Å²) >= 11 is 6.17. The number of carbonyl (C=O) groups is 1. The Bertz CT molecular complexity index is 1380. The third kappa shape index (κ3) is 3.45. The van der Waals surface area contributed by atoms with Crippen LogP contribution in [0, 0.1) is 13.8 Å². The van der Waals surface area contributed by atoms with Crippen molar-refractivity contribution in [3.8, 4) is 0 Å². The summed E-state index contributed by atoms with van der Waals surface area (Å²) in [5.41, 5.74) is 7.19. The molecular formula is C26H23ClN4O. The summed E-state index contributed by atoms with van der Waals surface area (Å²) < 4.78 is 2.09. The lowest BCUT2D eigenvalue weighted by Crippen LogP contribution is -2.31. The molecule has 160 valence electrons. The van der Waals surface area contributed by atoms with Crippen LogP contribution >= 0.6 is 11.6 Å². The molecule has 6 heteroatoms. The van der Waals surface area contributed by atoms with E-state index in [0.717, 1.165) is 39.1 Å². The van der Waals surface area contributed by atoms with E-state index < -0.39 is 0 Å². The highest BCUT2D eigenvalue weighted by Gasteiger charge is 2.34. The van der Waals surface area contributed by atoms with Crippen LogP contribution in [0.5, 0.6) is 0 Å². The third-order valence-electron chi connectivity index (χ3n) is 5.89. The molecule has 0 aliphatic carbocycles. The van der Waals surface area contributed by atoms with Crippen molar-refractivity contribution in [2.24, 2.45) is 0 Å². The molecule has 4 aromatic rings. The summed E-state index contributed by atoms with van der Waals surface area (Å²) in [6.07, 6.45) is 0. The Labute approximate surface area is 191 Å². The lowest BCUT2D eigenvalue weighted by molar-refractivity contribution is -0.113. The number of nitrogens with zero attached hydrogens (tertiary/aromatic N) is 2. The van der Waals surface area contributed by atoms with Gasteiger partial charge < -0.3 is 10.6 Å². The van der Waals surface area contributed by atoms with Crippen LogP contribution in [-0.2, 0) is 4.79 Å². The summed E-state index contributed by atoms with van der Waals surface area (Å²) in [6.45, 7) is 5.96. The van der Waals surface area contributed by atoms with E-state index in [1.54, 1.807) is 0 Å². The second-order valence-corrected chi connectivity index (χ2v) is 8.62. The van der Waals surface area contributed by atoms with Gasteiger partial charge in [0.05, 0.1) is 22.6 Å². The molecule has 5 nitrogen and oxygen atoms in total. The van der Waals surface area contributed by atoms with Crippen molar-refractivity contribution in [1.82, 2.24) is 9.55 Å². The molecule has 0 saturated heterocycles. The maximum absolute atomic E-state index is 13.7. The molecule has 5 rings (SSSR count). The summed E-state index contributed by atoms with van der Waals surface area (Å²) in [5.74, 6) is 0.567. The number of para-hydroxylation sites is 2. The lowest BCUT2D eigenvalue weighted by atomic mass is 9.94. The number of halogens is 1. The second kappa shape index (κ2) is 7.84. The molecule has 1 unspecified atom stereocenters. The number of rotatable bonds is 3. The van der Waals surface area contributed by atoms with Crippen LogP contribution < -0.4 is 10.6 Å². The topological polar surface area (TPSA) is 59.0 Å². The van der Waals surface area contributed by atoms with Gasteiger partial charge in [-0.2, -0.15) is 0 Å². The number of imidazole rings is 1. The van der Waals surface area contributed by atoms with Gasteiger partial charge in [-0.05, 0) is 62.2 Å². The molecule has 0 saturated carbocycles. The predicted octanol–water partition coefficient (Wildman–Crippen LogP) is 6.23. The summed E-state index contributed by atoms with van der Waals surface area (Å²) in [7, 11) is 0. The SMILES string of the molecule is CC1=C(C(=O)Nc2ccc(C)cc2C)C(c2ccc(Cl)cc2)n2c(nc3ccccc32)N1. The van der Waals surface area contributed by atoms with Gasteiger partial charge in [-0.25, -0.2) is 4.98 Å². The van der Waals surface area contributed by atoms with Gasteiger partial charge in [-0.3, -0.25) is 9.36 Å². The molecule has 0 radical (unpaired) electrons. The van der Waals surface area contributed by atoms with Crippen molar-refractivity contribution >= 4 is 40.2 Å². The first-order valence-electron chi connectivity index (χ1n) is 10.5. The van der Waals surface area contributed by atoms with E-state index in [-0.39, 0.29) is 11.9 Å². The van der Waals surface area contributed by atoms with E-state index in [4.69, 9.17) is 16.6 Å². The fourth-order valence-electron chi connectivity index (χ4n) is 4.36. The molecule has 32 heavy (non-hydrogen) atoms. The number of fused-ring (bicyclic) bond motifs is 3. The van der Waals surface area contributed by atoms with Crippen LogP contribution in [0.15, 0.2) is 78.0 Å². The van der Waals surface area contributed by atoms with Gasteiger partial charge in [0, 0.05) is 16.4 Å². The first-order chi connectivity index (χ1) is 15.4. The van der Waals surface area contributed by atoms with Gasteiger partial charge in [0.1, 0.15) is 0 Å². The molecule has 1 atom stereocenters. The van der Waals surface area contributed by atoms with Gasteiger partial charge in [-0.15, -0.1) is 0 Å². The quantitative estimate of drug-likeness (QED) is 0.395. The lowest BCUT2D eigenvalue weighted by Gasteiger charge is -2.31. The van der Waals surface area contributed by atoms with E-state index in [1.807, 2.05) is 81.4 Å². The summed E-state index contributed by atoms with van der Waals surface area (Å²) in [4.78, 5) is 18.4. The number of amides is 1. The van der Waals surface area contributed by atoms with E-state index in [0.29, 0.717) is 16.5 Å². The Balaban J connectivity index is 1.65. The maximum atomic E-state index is 13.7. The molecular weight excluding hydrogens is 420 g/mol. The smallest absolute Gasteiger partial charge is 0.255 e. The molecule has 1 amide bonds. The summed E-state index contributed by atoms with van der Waals surface area (Å²) in [5, 5.41) is 7.12. The minimum Gasteiger partial charge on any atom is -0.329 e. The van der Waals surface area contributed by atoms with Gasteiger partial charge in [0.15, 0.2) is 0 Å². The van der Waals surface area contributed by atoms with Crippen LogP contribution in [0.2, 0.25) is 5.02 Å². The van der Waals surface area contributed by atoms with Crippen LogP contribution in [0.25, 0.3) is 11.0 Å². The van der Waals surface area contributed by atoms with E-state index in [9.17, 15) is 4.79 Å². The average Bonchev–Trinajstić information content (AvgIpc) is 3.13.